The molecule has 1 aliphatic rings. The first-order valence-electron chi connectivity index (χ1n) is 4.35. The number of carbonyl (C=O) groups excluding carboxylic acids is 2. The Balaban J connectivity index is 2.36. The van der Waals surface area contributed by atoms with E-state index in [2.05, 4.69) is 15.5 Å². The first-order chi connectivity index (χ1) is 7.09. The number of carbonyl (C=O) groups is 2. The summed E-state index contributed by atoms with van der Waals surface area (Å²) in [7, 11) is 0. The summed E-state index contributed by atoms with van der Waals surface area (Å²) in [6.45, 7) is 0. The van der Waals surface area contributed by atoms with E-state index in [1.165, 1.54) is 4.57 Å². The highest BCUT2D eigenvalue weighted by atomic mass is 32.1. The Hall–Kier alpha value is -1.70. The zero-order valence-corrected chi connectivity index (χ0v) is 8.50. The van der Waals surface area contributed by atoms with Gasteiger partial charge in [0, 0.05) is 6.42 Å². The number of nitrogens with two attached hydrogens (primary N) is 1. The van der Waals surface area contributed by atoms with E-state index in [4.69, 9.17) is 18.0 Å². The van der Waals surface area contributed by atoms with Gasteiger partial charge in [-0.15, -0.1) is 5.10 Å². The number of amides is 2. The van der Waals surface area contributed by atoms with Crippen molar-refractivity contribution >= 4 is 30.0 Å². The normalized spacial score (nSPS) is 21.5. The van der Waals surface area contributed by atoms with Crippen LogP contribution in [0, 0.1) is 4.77 Å². The number of nitrogens with zero attached hydrogens (tertiary/aromatic N) is 2. The molecule has 1 aromatic rings. The lowest BCUT2D eigenvalue weighted by molar-refractivity contribution is -0.135. The van der Waals surface area contributed by atoms with Crippen LogP contribution >= 0.6 is 12.2 Å². The summed E-state index contributed by atoms with van der Waals surface area (Å²) in [6.07, 6.45) is 0.672. The molecule has 0 radical (unpaired) electrons. The number of hydrogen-bond donors (Lipinski definition) is 3. The van der Waals surface area contributed by atoms with E-state index in [1.807, 2.05) is 0 Å². The van der Waals surface area contributed by atoms with Gasteiger partial charge in [-0.3, -0.25) is 19.5 Å². The number of rotatable bonds is 1. The van der Waals surface area contributed by atoms with Crippen LogP contribution in [-0.2, 0) is 9.59 Å². The molecule has 1 aliphatic heterocycles. The maximum absolute atomic E-state index is 11.5. The monoisotopic (exact) mass is 227 g/mol. The number of H-pyrrole nitrogens is 1. The van der Waals surface area contributed by atoms with Crippen LogP contribution < -0.4 is 11.1 Å². The van der Waals surface area contributed by atoms with Gasteiger partial charge < -0.3 is 5.73 Å². The number of aromatic amines is 1. The fourth-order valence-corrected chi connectivity index (χ4v) is 1.81. The van der Waals surface area contributed by atoms with Crippen molar-refractivity contribution < 1.29 is 9.59 Å². The Morgan fingerprint density at radius 1 is 1.53 bits per heavy atom. The topological polar surface area (TPSA) is 106 Å². The molecule has 4 N–H and O–H groups in total. The minimum absolute atomic E-state index is 0.148. The van der Waals surface area contributed by atoms with Crippen molar-refractivity contribution in [2.75, 3.05) is 5.73 Å². The van der Waals surface area contributed by atoms with E-state index >= 15 is 0 Å². The van der Waals surface area contributed by atoms with Crippen LogP contribution in [0.4, 0.5) is 5.95 Å². The minimum Gasteiger partial charge on any atom is -0.368 e. The van der Waals surface area contributed by atoms with Gasteiger partial charge in [0.1, 0.15) is 6.04 Å². The zero-order chi connectivity index (χ0) is 11.0. The summed E-state index contributed by atoms with van der Waals surface area (Å²) in [5.74, 6) is -0.519. The Bertz CT molecular complexity index is 476. The van der Waals surface area contributed by atoms with Gasteiger partial charge in [-0.2, -0.15) is 0 Å². The summed E-state index contributed by atoms with van der Waals surface area (Å²) in [4.78, 5) is 22.4. The molecule has 2 amide bonds. The molecule has 80 valence electrons. The summed E-state index contributed by atoms with van der Waals surface area (Å²) in [5.41, 5.74) is 5.56. The van der Waals surface area contributed by atoms with Crippen molar-refractivity contribution in [3.63, 3.8) is 0 Å². The van der Waals surface area contributed by atoms with E-state index in [-0.39, 0.29) is 23.0 Å². The minimum atomic E-state index is -0.547. The molecule has 0 saturated carbocycles. The van der Waals surface area contributed by atoms with Gasteiger partial charge in [-0.05, 0) is 18.6 Å². The Morgan fingerprint density at radius 2 is 2.27 bits per heavy atom. The van der Waals surface area contributed by atoms with Crippen LogP contribution in [0.5, 0.6) is 0 Å². The molecule has 1 fully saturated rings. The van der Waals surface area contributed by atoms with Gasteiger partial charge in [0.05, 0.1) is 0 Å². The van der Waals surface area contributed by atoms with Crippen LogP contribution in [0.1, 0.15) is 18.9 Å². The van der Waals surface area contributed by atoms with E-state index in [0.717, 1.165) is 0 Å². The van der Waals surface area contributed by atoms with Crippen molar-refractivity contribution in [1.29, 1.82) is 0 Å². The molecule has 0 aliphatic carbocycles. The molecular formula is C7H9N5O2S. The van der Waals surface area contributed by atoms with Gasteiger partial charge in [0.25, 0.3) is 0 Å². The molecular weight excluding hydrogens is 218 g/mol. The number of piperidine rings is 1. The second-order valence-electron chi connectivity index (χ2n) is 3.22. The van der Waals surface area contributed by atoms with Crippen LogP contribution in [0.15, 0.2) is 0 Å². The third-order valence-corrected chi connectivity index (χ3v) is 2.54. The van der Waals surface area contributed by atoms with E-state index in [1.54, 1.807) is 0 Å². The van der Waals surface area contributed by atoms with Crippen molar-refractivity contribution in [1.82, 2.24) is 20.1 Å². The average molecular weight is 227 g/mol. The lowest BCUT2D eigenvalue weighted by Gasteiger charge is -2.21. The van der Waals surface area contributed by atoms with Crippen molar-refractivity contribution in [2.45, 2.75) is 18.9 Å². The fraction of sp³-hybridized carbons (Fsp3) is 0.429. The summed E-state index contributed by atoms with van der Waals surface area (Å²) < 4.78 is 1.69. The lowest BCUT2D eigenvalue weighted by Crippen LogP contribution is -2.42. The van der Waals surface area contributed by atoms with E-state index in [0.29, 0.717) is 6.42 Å². The molecule has 15 heavy (non-hydrogen) atoms. The molecule has 0 spiro atoms. The number of aromatic nitrogens is 3. The first-order valence-corrected chi connectivity index (χ1v) is 4.76. The molecule has 8 heteroatoms. The van der Waals surface area contributed by atoms with Crippen molar-refractivity contribution in [3.05, 3.63) is 4.77 Å². The summed E-state index contributed by atoms with van der Waals surface area (Å²) in [6, 6.07) is -0.547. The van der Waals surface area contributed by atoms with Crippen molar-refractivity contribution in [3.8, 4) is 0 Å². The highest BCUT2D eigenvalue weighted by Crippen LogP contribution is 2.20. The van der Waals surface area contributed by atoms with Gasteiger partial charge >= 0.3 is 0 Å². The third kappa shape index (κ3) is 1.63. The van der Waals surface area contributed by atoms with Crippen molar-refractivity contribution in [2.24, 2.45) is 0 Å². The Morgan fingerprint density at radius 3 is 2.80 bits per heavy atom. The van der Waals surface area contributed by atoms with Gasteiger partial charge in [-0.25, -0.2) is 5.10 Å². The zero-order valence-electron chi connectivity index (χ0n) is 7.69. The predicted molar refractivity (Wildman–Crippen MR) is 53.2 cm³/mol. The summed E-state index contributed by atoms with van der Waals surface area (Å²) in [5, 5.41) is 8.43. The number of anilines is 1. The van der Waals surface area contributed by atoms with Gasteiger partial charge in [0.2, 0.25) is 17.8 Å². The second kappa shape index (κ2) is 3.46. The Kier molecular flexibility index (Phi) is 2.27. The van der Waals surface area contributed by atoms with Crippen LogP contribution in [0.2, 0.25) is 0 Å². The van der Waals surface area contributed by atoms with Crippen LogP contribution in [0.3, 0.4) is 0 Å². The van der Waals surface area contributed by atoms with E-state index < -0.39 is 11.9 Å². The molecule has 1 atom stereocenters. The fourth-order valence-electron chi connectivity index (χ4n) is 1.55. The van der Waals surface area contributed by atoms with Crippen LogP contribution in [-0.4, -0.2) is 26.6 Å². The second-order valence-corrected chi connectivity index (χ2v) is 3.61. The quantitative estimate of drug-likeness (QED) is 0.443. The number of nitrogen functional groups attached to an aromatic ring is 1. The smallest absolute Gasteiger partial charge is 0.249 e. The molecule has 1 aromatic heterocycles. The molecule has 0 aromatic carbocycles. The van der Waals surface area contributed by atoms with Gasteiger partial charge in [0.15, 0.2) is 4.77 Å². The van der Waals surface area contributed by atoms with Crippen LogP contribution in [0.25, 0.3) is 0 Å². The number of imide groups is 1. The molecule has 1 saturated heterocycles. The molecule has 2 rings (SSSR count). The number of nitrogens with one attached hydrogen (secondary N) is 2. The largest absolute Gasteiger partial charge is 0.368 e. The maximum Gasteiger partial charge on any atom is 0.249 e. The molecule has 1 unspecified atom stereocenters. The maximum atomic E-state index is 11.5. The summed E-state index contributed by atoms with van der Waals surface area (Å²) >= 11 is 4.94. The van der Waals surface area contributed by atoms with Gasteiger partial charge in [-0.1, -0.05) is 0 Å². The van der Waals surface area contributed by atoms with E-state index in [9.17, 15) is 9.59 Å². The SMILES string of the molecule is Nc1n[nH]c(=S)n1C1CCC(=O)NC1=O. The molecule has 7 nitrogen and oxygen atoms in total. The lowest BCUT2D eigenvalue weighted by atomic mass is 10.1. The average Bonchev–Trinajstić information content (AvgIpc) is 2.48. The molecule has 2 heterocycles. The Labute approximate surface area is 89.6 Å². The third-order valence-electron chi connectivity index (χ3n) is 2.25. The highest BCUT2D eigenvalue weighted by Gasteiger charge is 2.29. The number of hydrogen-bond acceptors (Lipinski definition) is 5. The predicted octanol–water partition coefficient (Wildman–Crippen LogP) is -0.499. The standard InChI is InChI=1S/C7H9N5O2S/c8-6-10-11-7(15)12(6)3-1-2-4(13)9-5(3)14/h3H,1-2H2,(H2,8,10)(H,11,15)(H,9,13,14). The first kappa shape index (κ1) is 9.84. The molecule has 0 bridgehead atoms. The highest BCUT2D eigenvalue weighted by molar-refractivity contribution is 7.71.